The molecule has 0 aromatic carbocycles. The second-order valence-electron chi connectivity index (χ2n) is 3.88. The van der Waals surface area contributed by atoms with Gasteiger partial charge in [0.1, 0.15) is 11.9 Å². The van der Waals surface area contributed by atoms with Gasteiger partial charge in [-0.25, -0.2) is 9.18 Å². The van der Waals surface area contributed by atoms with Crippen molar-refractivity contribution in [2.45, 2.75) is 18.0 Å². The lowest BCUT2D eigenvalue weighted by atomic mass is 10.0. The Morgan fingerprint density at radius 2 is 2.44 bits per heavy atom. The van der Waals surface area contributed by atoms with Crippen molar-refractivity contribution >= 4 is 28.4 Å². The van der Waals surface area contributed by atoms with E-state index in [0.29, 0.717) is 8.14 Å². The smallest absolute Gasteiger partial charge is 0.352 e. The van der Waals surface area contributed by atoms with Crippen LogP contribution in [0.2, 0.25) is 0 Å². The molecule has 1 fully saturated rings. The van der Waals surface area contributed by atoms with Crippen LogP contribution >= 0.6 is 22.6 Å². The first kappa shape index (κ1) is 13.6. The third kappa shape index (κ3) is 1.90. The molecule has 0 saturated carbocycles. The van der Waals surface area contributed by atoms with E-state index in [9.17, 15) is 14.3 Å². The van der Waals surface area contributed by atoms with Crippen LogP contribution in [0.15, 0.2) is 11.0 Å². The summed E-state index contributed by atoms with van der Waals surface area (Å²) in [7, 11) is 0. The summed E-state index contributed by atoms with van der Waals surface area (Å²) in [6.07, 6.45) is -1.88. The minimum absolute atomic E-state index is 0.00433. The molecule has 1 saturated heterocycles. The van der Waals surface area contributed by atoms with Gasteiger partial charge in [0.15, 0.2) is 6.17 Å². The summed E-state index contributed by atoms with van der Waals surface area (Å²) in [5.41, 5.74) is 2.27. The molecule has 0 radical (unpaired) electrons. The third-order valence-corrected chi connectivity index (χ3v) is 3.67. The van der Waals surface area contributed by atoms with E-state index in [0.717, 1.165) is 0 Å². The number of rotatable bonds is 2. The van der Waals surface area contributed by atoms with Crippen LogP contribution in [0.5, 0.6) is 0 Å². The Hall–Kier alpha value is -0.780. The van der Waals surface area contributed by atoms with E-state index in [2.05, 4.69) is 4.98 Å². The van der Waals surface area contributed by atoms with Gasteiger partial charge in [-0.05, 0) is 22.6 Å². The van der Waals surface area contributed by atoms with Crippen molar-refractivity contribution in [3.8, 4) is 0 Å². The molecule has 0 unspecified atom stereocenters. The highest BCUT2D eigenvalue weighted by molar-refractivity contribution is 14.1. The first-order valence-electron chi connectivity index (χ1n) is 5.05. The molecule has 1 aliphatic heterocycles. The monoisotopic (exact) mass is 371 g/mol. The molecule has 9 heteroatoms. The van der Waals surface area contributed by atoms with E-state index < -0.39 is 36.9 Å². The zero-order chi connectivity index (χ0) is 13.5. The predicted octanol–water partition coefficient (Wildman–Crippen LogP) is -1.20. The Labute approximate surface area is 115 Å². The number of nitrogens with two attached hydrogens (primary N) is 1. The standard InChI is InChI=1S/C9H11FIN3O4/c10-5-3-18-6(2-15)9(5,17)14-1-4(11)7(12)13-8(14)16/h1,5-6,15,17H,2-3H2,(H2,12,13,16)/t5-,6+,9+/m0/s1. The first-order valence-corrected chi connectivity index (χ1v) is 6.13. The minimum atomic E-state index is -2.27. The summed E-state index contributed by atoms with van der Waals surface area (Å²) >= 11 is 1.80. The van der Waals surface area contributed by atoms with Crippen LogP contribution in [0.25, 0.3) is 0 Å². The van der Waals surface area contributed by atoms with Gasteiger partial charge >= 0.3 is 5.69 Å². The van der Waals surface area contributed by atoms with Crippen LogP contribution in [-0.2, 0) is 10.5 Å². The number of ether oxygens (including phenoxy) is 1. The van der Waals surface area contributed by atoms with E-state index in [1.165, 1.54) is 6.20 Å². The Bertz CT molecular complexity index is 525. The molecule has 0 amide bonds. The fraction of sp³-hybridized carbons (Fsp3) is 0.556. The van der Waals surface area contributed by atoms with Gasteiger partial charge in [0.25, 0.3) is 0 Å². The SMILES string of the molecule is Nc1nc(=O)n([C@@]2(O)[C@@H](F)CO[C@@H]2CO)cc1I. The second kappa shape index (κ2) is 4.72. The number of nitrogens with zero attached hydrogens (tertiary/aromatic N) is 2. The van der Waals surface area contributed by atoms with Gasteiger partial charge in [0.2, 0.25) is 5.72 Å². The molecule has 3 atom stereocenters. The number of anilines is 1. The number of alkyl halides is 1. The molecule has 1 aliphatic rings. The summed E-state index contributed by atoms with van der Waals surface area (Å²) < 4.78 is 19.8. The highest BCUT2D eigenvalue weighted by atomic mass is 127. The average Bonchev–Trinajstić information content (AvgIpc) is 2.61. The molecule has 1 aromatic rings. The zero-order valence-electron chi connectivity index (χ0n) is 9.08. The number of aliphatic hydroxyl groups excluding tert-OH is 1. The Morgan fingerprint density at radius 1 is 1.78 bits per heavy atom. The van der Waals surface area contributed by atoms with Crippen LogP contribution in [0.3, 0.4) is 0 Å². The summed E-state index contributed by atoms with van der Waals surface area (Å²) in [4.78, 5) is 15.2. The number of aromatic nitrogens is 2. The number of aliphatic hydroxyl groups is 2. The Kier molecular flexibility index (Phi) is 3.58. The van der Waals surface area contributed by atoms with E-state index in [4.69, 9.17) is 15.6 Å². The maximum absolute atomic E-state index is 13.8. The highest BCUT2D eigenvalue weighted by Crippen LogP contribution is 2.32. The lowest BCUT2D eigenvalue weighted by molar-refractivity contribution is -0.137. The number of hydrogen-bond donors (Lipinski definition) is 3. The first-order chi connectivity index (χ1) is 8.41. The van der Waals surface area contributed by atoms with E-state index in [-0.39, 0.29) is 5.82 Å². The molecule has 0 bridgehead atoms. The van der Waals surface area contributed by atoms with Gasteiger partial charge in [0.05, 0.1) is 16.8 Å². The topological polar surface area (TPSA) is 111 Å². The Morgan fingerprint density at radius 3 is 3.06 bits per heavy atom. The molecule has 100 valence electrons. The summed E-state index contributed by atoms with van der Waals surface area (Å²) in [5, 5.41) is 19.4. The van der Waals surface area contributed by atoms with E-state index in [1.807, 2.05) is 0 Å². The van der Waals surface area contributed by atoms with Crippen molar-refractivity contribution in [2.24, 2.45) is 0 Å². The molecule has 0 aliphatic carbocycles. The van der Waals surface area contributed by atoms with Crippen LogP contribution in [-0.4, -0.2) is 45.3 Å². The quantitative estimate of drug-likeness (QED) is 0.564. The molecule has 2 heterocycles. The number of nitrogen functional groups attached to an aromatic ring is 1. The van der Waals surface area contributed by atoms with Crippen molar-refractivity contribution in [3.05, 3.63) is 20.3 Å². The summed E-state index contributed by atoms with van der Waals surface area (Å²) in [6.45, 7) is -1.03. The van der Waals surface area contributed by atoms with Crippen molar-refractivity contribution in [2.75, 3.05) is 18.9 Å². The molecule has 18 heavy (non-hydrogen) atoms. The van der Waals surface area contributed by atoms with Gasteiger partial charge in [-0.3, -0.25) is 4.57 Å². The van der Waals surface area contributed by atoms with Crippen LogP contribution in [0.4, 0.5) is 10.2 Å². The molecule has 4 N–H and O–H groups in total. The molecular weight excluding hydrogens is 360 g/mol. The van der Waals surface area contributed by atoms with Gasteiger partial charge in [-0.2, -0.15) is 4.98 Å². The lowest BCUT2D eigenvalue weighted by Gasteiger charge is -2.30. The van der Waals surface area contributed by atoms with E-state index >= 15 is 0 Å². The molecule has 7 nitrogen and oxygen atoms in total. The maximum Gasteiger partial charge on any atom is 0.352 e. The number of hydrogen-bond acceptors (Lipinski definition) is 6. The molecular formula is C9H11FIN3O4. The number of halogens is 2. The highest BCUT2D eigenvalue weighted by Gasteiger charge is 2.53. The zero-order valence-corrected chi connectivity index (χ0v) is 11.2. The largest absolute Gasteiger partial charge is 0.393 e. The van der Waals surface area contributed by atoms with Crippen molar-refractivity contribution < 1.29 is 19.3 Å². The predicted molar refractivity (Wildman–Crippen MR) is 67.5 cm³/mol. The molecule has 0 spiro atoms. The summed E-state index contributed by atoms with van der Waals surface area (Å²) in [5.74, 6) is -0.00433. The fourth-order valence-corrected chi connectivity index (χ4v) is 2.24. The molecule has 1 aromatic heterocycles. The maximum atomic E-state index is 13.8. The normalized spacial score (nSPS) is 31.8. The van der Waals surface area contributed by atoms with Crippen molar-refractivity contribution in [3.63, 3.8) is 0 Å². The van der Waals surface area contributed by atoms with Gasteiger partial charge < -0.3 is 20.7 Å². The van der Waals surface area contributed by atoms with Crippen LogP contribution < -0.4 is 11.4 Å². The van der Waals surface area contributed by atoms with Gasteiger partial charge in [-0.1, -0.05) is 0 Å². The fourth-order valence-electron chi connectivity index (χ4n) is 1.84. The lowest BCUT2D eigenvalue weighted by Crippen LogP contribution is -2.54. The molecule has 2 rings (SSSR count). The second-order valence-corrected chi connectivity index (χ2v) is 5.04. The average molecular weight is 371 g/mol. The van der Waals surface area contributed by atoms with Crippen LogP contribution in [0.1, 0.15) is 0 Å². The summed E-state index contributed by atoms with van der Waals surface area (Å²) in [6, 6.07) is 0. The van der Waals surface area contributed by atoms with Crippen molar-refractivity contribution in [1.29, 1.82) is 0 Å². The van der Waals surface area contributed by atoms with E-state index in [1.54, 1.807) is 22.6 Å². The Balaban J connectivity index is 2.59. The van der Waals surface area contributed by atoms with Crippen molar-refractivity contribution in [1.82, 2.24) is 9.55 Å². The van der Waals surface area contributed by atoms with Gasteiger partial charge in [0, 0.05) is 6.20 Å². The minimum Gasteiger partial charge on any atom is -0.393 e. The van der Waals surface area contributed by atoms with Crippen LogP contribution in [0, 0.1) is 3.57 Å². The van der Waals surface area contributed by atoms with Gasteiger partial charge in [-0.15, -0.1) is 0 Å². The third-order valence-electron chi connectivity index (χ3n) is 2.84.